The normalized spacial score (nSPS) is 12.1. The molecule has 2 aromatic carbocycles. The zero-order chi connectivity index (χ0) is 12.1. The van der Waals surface area contributed by atoms with Crippen LogP contribution in [0, 0.1) is 6.92 Å². The lowest BCUT2D eigenvalue weighted by Gasteiger charge is -2.17. The molecule has 0 unspecified atom stereocenters. The molecule has 0 spiro atoms. The van der Waals surface area contributed by atoms with Gasteiger partial charge in [-0.2, -0.15) is 0 Å². The summed E-state index contributed by atoms with van der Waals surface area (Å²) < 4.78 is 5.75. The van der Waals surface area contributed by atoms with E-state index in [4.69, 9.17) is 4.74 Å². The number of aliphatic hydroxyl groups excluding tert-OH is 1. The van der Waals surface area contributed by atoms with E-state index in [1.807, 2.05) is 61.5 Å². The van der Waals surface area contributed by atoms with Crippen LogP contribution in [0.4, 0.5) is 0 Å². The summed E-state index contributed by atoms with van der Waals surface area (Å²) in [5, 5.41) is 9.37. The molecule has 2 rings (SSSR count). The maximum Gasteiger partial charge on any atom is 0.147 e. The number of hydrogen-bond donors (Lipinski definition) is 1. The van der Waals surface area contributed by atoms with Crippen molar-refractivity contribution in [3.05, 3.63) is 65.7 Å². The van der Waals surface area contributed by atoms with Crippen molar-refractivity contribution in [3.63, 3.8) is 0 Å². The summed E-state index contributed by atoms with van der Waals surface area (Å²) in [5.74, 6) is 0.776. The molecule has 88 valence electrons. The molecule has 0 aliphatic carbocycles. The molecule has 2 aromatic rings. The first-order chi connectivity index (χ1) is 8.29. The SMILES string of the molecule is Cc1ccc(O[C@@H](CO)c2ccccc2)cc1. The Labute approximate surface area is 101 Å². The predicted molar refractivity (Wildman–Crippen MR) is 68.1 cm³/mol. The van der Waals surface area contributed by atoms with Crippen molar-refractivity contribution >= 4 is 0 Å². The molecule has 0 saturated heterocycles. The minimum atomic E-state index is -0.307. The Balaban J connectivity index is 2.13. The van der Waals surface area contributed by atoms with Crippen LogP contribution in [0.25, 0.3) is 0 Å². The van der Waals surface area contributed by atoms with E-state index in [1.54, 1.807) is 0 Å². The van der Waals surface area contributed by atoms with Crippen LogP contribution in [0.1, 0.15) is 17.2 Å². The summed E-state index contributed by atoms with van der Waals surface area (Å²) in [6.45, 7) is 2.00. The van der Waals surface area contributed by atoms with Crippen molar-refractivity contribution in [2.75, 3.05) is 6.61 Å². The fraction of sp³-hybridized carbons (Fsp3) is 0.200. The molecule has 0 fully saturated rings. The molecular formula is C15H16O2. The van der Waals surface area contributed by atoms with E-state index in [0.717, 1.165) is 11.3 Å². The third-order valence-corrected chi connectivity index (χ3v) is 2.64. The Hall–Kier alpha value is -1.80. The molecule has 1 N–H and O–H groups in total. The molecule has 0 radical (unpaired) electrons. The van der Waals surface area contributed by atoms with E-state index in [1.165, 1.54) is 5.56 Å². The van der Waals surface area contributed by atoms with Crippen molar-refractivity contribution in [2.45, 2.75) is 13.0 Å². The van der Waals surface area contributed by atoms with E-state index in [0.29, 0.717) is 0 Å². The van der Waals surface area contributed by atoms with Crippen molar-refractivity contribution < 1.29 is 9.84 Å². The monoisotopic (exact) mass is 228 g/mol. The highest BCUT2D eigenvalue weighted by molar-refractivity contribution is 5.28. The average molecular weight is 228 g/mol. The Kier molecular flexibility index (Phi) is 3.78. The van der Waals surface area contributed by atoms with E-state index in [2.05, 4.69) is 0 Å². The quantitative estimate of drug-likeness (QED) is 0.871. The van der Waals surface area contributed by atoms with Gasteiger partial charge in [-0.15, -0.1) is 0 Å². The van der Waals surface area contributed by atoms with Crippen molar-refractivity contribution in [2.24, 2.45) is 0 Å². The summed E-state index contributed by atoms with van der Waals surface area (Å²) >= 11 is 0. The van der Waals surface area contributed by atoms with Crippen LogP contribution < -0.4 is 4.74 Å². The standard InChI is InChI=1S/C15H16O2/c1-12-7-9-14(10-8-12)17-15(11-16)13-5-3-2-4-6-13/h2-10,15-16H,11H2,1H3/t15-/m0/s1. The van der Waals surface area contributed by atoms with Crippen molar-refractivity contribution in [1.82, 2.24) is 0 Å². The van der Waals surface area contributed by atoms with Gasteiger partial charge in [-0.3, -0.25) is 0 Å². The molecular weight excluding hydrogens is 212 g/mol. The van der Waals surface area contributed by atoms with Gasteiger partial charge in [0.2, 0.25) is 0 Å². The predicted octanol–water partition coefficient (Wildman–Crippen LogP) is 3.11. The molecule has 0 aliphatic rings. The number of ether oxygens (including phenoxy) is 1. The molecule has 2 heteroatoms. The van der Waals surface area contributed by atoms with Gasteiger partial charge in [0.25, 0.3) is 0 Å². The highest BCUT2D eigenvalue weighted by Gasteiger charge is 2.11. The van der Waals surface area contributed by atoms with E-state index >= 15 is 0 Å². The van der Waals surface area contributed by atoms with Gasteiger partial charge in [0.15, 0.2) is 0 Å². The maximum atomic E-state index is 9.37. The van der Waals surface area contributed by atoms with Crippen LogP contribution >= 0.6 is 0 Å². The summed E-state index contributed by atoms with van der Waals surface area (Å²) in [5.41, 5.74) is 2.17. The van der Waals surface area contributed by atoms with Crippen LogP contribution in [0.3, 0.4) is 0 Å². The van der Waals surface area contributed by atoms with E-state index in [-0.39, 0.29) is 12.7 Å². The van der Waals surface area contributed by atoms with Gasteiger partial charge in [0.1, 0.15) is 11.9 Å². The number of aliphatic hydroxyl groups is 1. The van der Waals surface area contributed by atoms with Gasteiger partial charge in [-0.25, -0.2) is 0 Å². The fourth-order valence-corrected chi connectivity index (χ4v) is 1.66. The molecule has 0 amide bonds. The molecule has 0 aromatic heterocycles. The van der Waals surface area contributed by atoms with Gasteiger partial charge in [-0.1, -0.05) is 48.0 Å². The van der Waals surface area contributed by atoms with Gasteiger partial charge in [-0.05, 0) is 24.6 Å². The van der Waals surface area contributed by atoms with Crippen LogP contribution in [0.15, 0.2) is 54.6 Å². The smallest absolute Gasteiger partial charge is 0.147 e. The largest absolute Gasteiger partial charge is 0.483 e. The summed E-state index contributed by atoms with van der Waals surface area (Å²) in [6.07, 6.45) is -0.307. The molecule has 0 heterocycles. The molecule has 0 bridgehead atoms. The van der Waals surface area contributed by atoms with Crippen LogP contribution in [0.2, 0.25) is 0 Å². The first-order valence-electron chi connectivity index (χ1n) is 5.69. The lowest BCUT2D eigenvalue weighted by molar-refractivity contribution is 0.116. The van der Waals surface area contributed by atoms with E-state index < -0.39 is 0 Å². The lowest BCUT2D eigenvalue weighted by atomic mass is 10.1. The number of hydrogen-bond acceptors (Lipinski definition) is 2. The molecule has 17 heavy (non-hydrogen) atoms. The van der Waals surface area contributed by atoms with Crippen molar-refractivity contribution in [1.29, 1.82) is 0 Å². The summed E-state index contributed by atoms with van der Waals surface area (Å²) in [4.78, 5) is 0. The third-order valence-electron chi connectivity index (χ3n) is 2.64. The Morgan fingerprint density at radius 2 is 1.65 bits per heavy atom. The highest BCUT2D eigenvalue weighted by Crippen LogP contribution is 2.21. The number of rotatable bonds is 4. The second-order valence-corrected chi connectivity index (χ2v) is 4.01. The maximum absolute atomic E-state index is 9.37. The van der Waals surface area contributed by atoms with Crippen LogP contribution in [0.5, 0.6) is 5.75 Å². The Morgan fingerprint density at radius 1 is 1.00 bits per heavy atom. The second kappa shape index (κ2) is 5.51. The first-order valence-corrected chi connectivity index (χ1v) is 5.69. The zero-order valence-corrected chi connectivity index (χ0v) is 9.84. The van der Waals surface area contributed by atoms with Crippen molar-refractivity contribution in [3.8, 4) is 5.75 Å². The average Bonchev–Trinajstić information content (AvgIpc) is 2.39. The molecule has 0 saturated carbocycles. The van der Waals surface area contributed by atoms with Gasteiger partial charge < -0.3 is 9.84 Å². The minimum absolute atomic E-state index is 0.0299. The molecule has 0 aliphatic heterocycles. The lowest BCUT2D eigenvalue weighted by Crippen LogP contribution is -2.11. The number of benzene rings is 2. The molecule has 1 atom stereocenters. The molecule has 2 nitrogen and oxygen atoms in total. The van der Waals surface area contributed by atoms with Gasteiger partial charge in [0.05, 0.1) is 6.61 Å². The van der Waals surface area contributed by atoms with E-state index in [9.17, 15) is 5.11 Å². The Bertz CT molecular complexity index is 448. The Morgan fingerprint density at radius 3 is 2.24 bits per heavy atom. The van der Waals surface area contributed by atoms with Gasteiger partial charge >= 0.3 is 0 Å². The first kappa shape index (κ1) is 11.7. The zero-order valence-electron chi connectivity index (χ0n) is 9.84. The fourth-order valence-electron chi connectivity index (χ4n) is 1.66. The summed E-state index contributed by atoms with van der Waals surface area (Å²) in [7, 11) is 0. The van der Waals surface area contributed by atoms with Crippen LogP contribution in [-0.4, -0.2) is 11.7 Å². The topological polar surface area (TPSA) is 29.5 Å². The number of aryl methyl sites for hydroxylation is 1. The van der Waals surface area contributed by atoms with Gasteiger partial charge in [0, 0.05) is 0 Å². The third kappa shape index (κ3) is 3.08. The summed E-state index contributed by atoms with van der Waals surface area (Å²) in [6, 6.07) is 17.6. The second-order valence-electron chi connectivity index (χ2n) is 4.01. The highest BCUT2D eigenvalue weighted by atomic mass is 16.5. The van der Waals surface area contributed by atoms with Crippen LogP contribution in [-0.2, 0) is 0 Å². The minimum Gasteiger partial charge on any atom is -0.483 e.